The average Bonchev–Trinajstić information content (AvgIpc) is 2.65. The van der Waals surface area contributed by atoms with E-state index in [0.29, 0.717) is 0 Å². The van der Waals surface area contributed by atoms with E-state index in [2.05, 4.69) is 5.32 Å². The minimum atomic E-state index is -1.15. The highest BCUT2D eigenvalue weighted by Gasteiger charge is 2.38. The minimum absolute atomic E-state index is 0.0602. The molecule has 0 spiro atoms. The summed E-state index contributed by atoms with van der Waals surface area (Å²) >= 11 is 0. The van der Waals surface area contributed by atoms with Crippen LogP contribution in [0, 0.1) is 11.3 Å². The van der Waals surface area contributed by atoms with Crippen molar-refractivity contribution >= 4 is 11.9 Å². The summed E-state index contributed by atoms with van der Waals surface area (Å²) in [5, 5.41) is 20.6. The molecule has 0 fully saturated rings. The zero-order chi connectivity index (χ0) is 18.3. The highest BCUT2D eigenvalue weighted by molar-refractivity contribution is 5.94. The van der Waals surface area contributed by atoms with Crippen LogP contribution in [-0.2, 0) is 15.0 Å². The molecule has 2 rings (SSSR count). The van der Waals surface area contributed by atoms with Crippen molar-refractivity contribution in [1.29, 1.82) is 5.26 Å². The molecular weight excluding hydrogens is 316 g/mol. The molecule has 0 aliphatic carbocycles. The summed E-state index contributed by atoms with van der Waals surface area (Å²) in [6.45, 7) is 1.77. The lowest BCUT2D eigenvalue weighted by Gasteiger charge is -2.31. The van der Waals surface area contributed by atoms with Gasteiger partial charge in [0.25, 0.3) is 0 Å². The summed E-state index contributed by atoms with van der Waals surface area (Å²) in [5.41, 5.74) is 0.495. The van der Waals surface area contributed by atoms with Gasteiger partial charge in [-0.2, -0.15) is 5.26 Å². The van der Waals surface area contributed by atoms with Gasteiger partial charge in [-0.3, -0.25) is 4.79 Å². The second-order valence-corrected chi connectivity index (χ2v) is 5.92. The van der Waals surface area contributed by atoms with E-state index < -0.39 is 23.3 Å². The number of aliphatic carboxylic acids is 1. The molecule has 1 amide bonds. The number of carbonyl (C=O) groups is 2. The van der Waals surface area contributed by atoms with E-state index in [1.165, 1.54) is 0 Å². The predicted octanol–water partition coefficient (Wildman–Crippen LogP) is 2.87. The quantitative estimate of drug-likeness (QED) is 0.813. The lowest BCUT2D eigenvalue weighted by molar-refractivity contribution is -0.142. The monoisotopic (exact) mass is 336 g/mol. The van der Waals surface area contributed by atoms with Gasteiger partial charge in [0.05, 0.1) is 11.5 Å². The summed E-state index contributed by atoms with van der Waals surface area (Å²) in [6.07, 6.45) is 0.127. The van der Waals surface area contributed by atoms with E-state index in [9.17, 15) is 14.7 Å². The summed E-state index contributed by atoms with van der Waals surface area (Å²) < 4.78 is 0. The molecule has 0 aliphatic heterocycles. The van der Waals surface area contributed by atoms with Gasteiger partial charge in [0, 0.05) is 6.42 Å². The Morgan fingerprint density at radius 2 is 1.56 bits per heavy atom. The topological polar surface area (TPSA) is 90.2 Å². The Balaban J connectivity index is 2.41. The third-order valence-electron chi connectivity index (χ3n) is 4.30. The molecule has 0 bridgehead atoms. The van der Waals surface area contributed by atoms with E-state index in [1.807, 2.05) is 66.7 Å². The normalized spacial score (nSPS) is 12.0. The number of rotatable bonds is 7. The summed E-state index contributed by atoms with van der Waals surface area (Å²) in [5.74, 6) is -1.55. The minimum Gasteiger partial charge on any atom is -0.480 e. The fourth-order valence-corrected chi connectivity index (χ4v) is 2.74. The SMILES string of the molecule is CC(C(=O)N[C@H](CCC#N)C(=O)O)(c1ccccc1)c1ccccc1. The van der Waals surface area contributed by atoms with Crippen LogP contribution >= 0.6 is 0 Å². The van der Waals surface area contributed by atoms with Crippen molar-refractivity contribution in [3.8, 4) is 6.07 Å². The zero-order valence-corrected chi connectivity index (χ0v) is 14.0. The number of hydrogen-bond acceptors (Lipinski definition) is 3. The van der Waals surface area contributed by atoms with Gasteiger partial charge in [-0.1, -0.05) is 60.7 Å². The molecule has 1 atom stereocenters. The standard InChI is InChI=1S/C20H20N2O3/c1-20(15-9-4-2-5-10-15,16-11-6-3-7-12-16)19(25)22-17(18(23)24)13-8-14-21/h2-7,9-12,17H,8,13H2,1H3,(H,22,25)(H,23,24)/t17-/m1/s1. The van der Waals surface area contributed by atoms with Gasteiger partial charge in [-0.05, 0) is 24.5 Å². The van der Waals surface area contributed by atoms with E-state index in [1.54, 1.807) is 6.92 Å². The largest absolute Gasteiger partial charge is 0.480 e. The van der Waals surface area contributed by atoms with Crippen molar-refractivity contribution < 1.29 is 14.7 Å². The molecule has 0 heterocycles. The zero-order valence-electron chi connectivity index (χ0n) is 14.0. The maximum absolute atomic E-state index is 13.1. The van der Waals surface area contributed by atoms with Gasteiger partial charge < -0.3 is 10.4 Å². The van der Waals surface area contributed by atoms with E-state index in [0.717, 1.165) is 11.1 Å². The Morgan fingerprint density at radius 1 is 1.08 bits per heavy atom. The van der Waals surface area contributed by atoms with Crippen LogP contribution < -0.4 is 5.32 Å². The average molecular weight is 336 g/mol. The van der Waals surface area contributed by atoms with Crippen molar-refractivity contribution in [1.82, 2.24) is 5.32 Å². The van der Waals surface area contributed by atoms with Crippen LogP contribution in [0.2, 0.25) is 0 Å². The van der Waals surface area contributed by atoms with Gasteiger partial charge in [-0.25, -0.2) is 4.79 Å². The first-order chi connectivity index (χ1) is 12.0. The van der Waals surface area contributed by atoms with Crippen LogP contribution in [0.15, 0.2) is 60.7 Å². The molecule has 0 aromatic heterocycles. The fourth-order valence-electron chi connectivity index (χ4n) is 2.74. The van der Waals surface area contributed by atoms with Crippen LogP contribution in [0.5, 0.6) is 0 Å². The van der Waals surface area contributed by atoms with Gasteiger partial charge in [0.15, 0.2) is 0 Å². The van der Waals surface area contributed by atoms with Crippen LogP contribution in [0.1, 0.15) is 30.9 Å². The molecule has 2 N–H and O–H groups in total. The summed E-state index contributed by atoms with van der Waals surface area (Å²) in [6, 6.07) is 19.3. The Kier molecular flexibility index (Phi) is 5.91. The van der Waals surface area contributed by atoms with Crippen LogP contribution in [0.4, 0.5) is 0 Å². The number of nitriles is 1. The third-order valence-corrected chi connectivity index (χ3v) is 4.30. The first-order valence-corrected chi connectivity index (χ1v) is 8.02. The molecule has 128 valence electrons. The molecule has 2 aromatic rings. The van der Waals surface area contributed by atoms with E-state index in [4.69, 9.17) is 5.26 Å². The lowest BCUT2D eigenvalue weighted by Crippen LogP contribution is -2.50. The fraction of sp³-hybridized carbons (Fsp3) is 0.250. The molecule has 25 heavy (non-hydrogen) atoms. The number of hydrogen-bond donors (Lipinski definition) is 2. The van der Waals surface area contributed by atoms with Crippen molar-refractivity contribution in [2.24, 2.45) is 0 Å². The third kappa shape index (κ3) is 4.04. The Labute approximate surface area is 146 Å². The molecule has 0 saturated heterocycles. The van der Waals surface area contributed by atoms with Crippen LogP contribution in [-0.4, -0.2) is 23.0 Å². The molecule has 0 saturated carbocycles. The first-order valence-electron chi connectivity index (χ1n) is 8.02. The van der Waals surface area contributed by atoms with E-state index >= 15 is 0 Å². The highest BCUT2D eigenvalue weighted by atomic mass is 16.4. The number of carboxylic acid groups (broad SMARTS) is 1. The number of benzene rings is 2. The van der Waals surface area contributed by atoms with Gasteiger partial charge in [-0.15, -0.1) is 0 Å². The maximum Gasteiger partial charge on any atom is 0.326 e. The first kappa shape index (κ1) is 18.2. The summed E-state index contributed by atoms with van der Waals surface area (Å²) in [7, 11) is 0. The highest BCUT2D eigenvalue weighted by Crippen LogP contribution is 2.32. The van der Waals surface area contributed by atoms with Gasteiger partial charge >= 0.3 is 5.97 Å². The van der Waals surface area contributed by atoms with Crippen molar-refractivity contribution in [3.63, 3.8) is 0 Å². The number of amides is 1. The van der Waals surface area contributed by atoms with Crippen LogP contribution in [0.25, 0.3) is 0 Å². The summed E-state index contributed by atoms with van der Waals surface area (Å²) in [4.78, 5) is 24.5. The second-order valence-electron chi connectivity index (χ2n) is 5.92. The Bertz CT molecular complexity index is 727. The smallest absolute Gasteiger partial charge is 0.326 e. The second kappa shape index (κ2) is 8.11. The van der Waals surface area contributed by atoms with Gasteiger partial charge in [0.1, 0.15) is 6.04 Å². The van der Waals surface area contributed by atoms with Gasteiger partial charge in [0.2, 0.25) is 5.91 Å². The molecule has 2 aromatic carbocycles. The number of nitrogens with zero attached hydrogens (tertiary/aromatic N) is 1. The molecule has 0 aliphatic rings. The van der Waals surface area contributed by atoms with E-state index in [-0.39, 0.29) is 12.8 Å². The Hall–Kier alpha value is -3.13. The number of carboxylic acids is 1. The lowest BCUT2D eigenvalue weighted by atomic mass is 9.75. The number of nitrogens with one attached hydrogen (secondary N) is 1. The molecule has 0 unspecified atom stereocenters. The van der Waals surface area contributed by atoms with Crippen molar-refractivity contribution in [2.45, 2.75) is 31.2 Å². The molecule has 5 heteroatoms. The molecule has 5 nitrogen and oxygen atoms in total. The van der Waals surface area contributed by atoms with Crippen molar-refractivity contribution in [3.05, 3.63) is 71.8 Å². The maximum atomic E-state index is 13.1. The predicted molar refractivity (Wildman–Crippen MR) is 93.8 cm³/mol. The van der Waals surface area contributed by atoms with Crippen molar-refractivity contribution in [2.75, 3.05) is 0 Å². The van der Waals surface area contributed by atoms with Crippen LogP contribution in [0.3, 0.4) is 0 Å². The number of carbonyl (C=O) groups excluding carboxylic acids is 1. The molecule has 0 radical (unpaired) electrons. The Morgan fingerprint density at radius 3 is 1.96 bits per heavy atom. The molecular formula is C20H20N2O3.